The first-order valence-corrected chi connectivity index (χ1v) is 8.82. The van der Waals surface area contributed by atoms with Gasteiger partial charge in [0, 0.05) is 30.6 Å². The summed E-state index contributed by atoms with van der Waals surface area (Å²) in [6.07, 6.45) is 3.63. The fourth-order valence-electron chi connectivity index (χ4n) is 2.71. The summed E-state index contributed by atoms with van der Waals surface area (Å²) >= 11 is 7.50. The van der Waals surface area contributed by atoms with E-state index in [0.29, 0.717) is 16.5 Å². The molecule has 5 nitrogen and oxygen atoms in total. The summed E-state index contributed by atoms with van der Waals surface area (Å²) in [5.74, 6) is 0.445. The van der Waals surface area contributed by atoms with Gasteiger partial charge in [0.05, 0.1) is 10.7 Å². The highest BCUT2D eigenvalue weighted by Crippen LogP contribution is 2.22. The Morgan fingerprint density at radius 3 is 2.61 bits per heavy atom. The molecule has 2 aromatic rings. The lowest BCUT2D eigenvalue weighted by atomic mass is 10.0. The number of halogens is 1. The minimum atomic E-state index is -0.0347. The van der Waals surface area contributed by atoms with E-state index in [1.54, 1.807) is 6.20 Å². The molecule has 1 aromatic carbocycles. The number of thiol groups is 1. The van der Waals surface area contributed by atoms with Gasteiger partial charge in [-0.3, -0.25) is 4.90 Å². The average Bonchev–Trinajstić information content (AvgIpc) is 2.55. The smallest absolute Gasteiger partial charge is 0.230 e. The van der Waals surface area contributed by atoms with Gasteiger partial charge in [0.15, 0.2) is 0 Å². The third-order valence-corrected chi connectivity index (χ3v) is 4.85. The summed E-state index contributed by atoms with van der Waals surface area (Å²) in [5, 5.41) is 12.9. The molecular formula is C16H19BrN4OS. The predicted molar refractivity (Wildman–Crippen MR) is 97.0 cm³/mol. The van der Waals surface area contributed by atoms with Gasteiger partial charge in [0.1, 0.15) is 0 Å². The van der Waals surface area contributed by atoms with Crippen molar-refractivity contribution in [1.29, 1.82) is 0 Å². The Labute approximate surface area is 149 Å². The standard InChI is InChI=1S/C16H19BrN4OS/c17-14-9-18-16(20-15(14)22)19-12-5-7-21(8-6-12)10-11-1-3-13(23)4-2-11/h1-4,9,12,23H,5-8,10H2,(H2,18,19,20,22). The molecule has 2 N–H and O–H groups in total. The zero-order valence-corrected chi connectivity index (χ0v) is 15.1. The van der Waals surface area contributed by atoms with Crippen LogP contribution in [0.3, 0.4) is 0 Å². The van der Waals surface area contributed by atoms with E-state index in [-0.39, 0.29) is 5.88 Å². The Kier molecular flexibility index (Phi) is 5.40. The van der Waals surface area contributed by atoms with Crippen molar-refractivity contribution >= 4 is 34.5 Å². The summed E-state index contributed by atoms with van der Waals surface area (Å²) in [6, 6.07) is 8.66. The molecule has 0 bridgehead atoms. The second-order valence-corrected chi connectivity index (χ2v) is 7.10. The zero-order valence-electron chi connectivity index (χ0n) is 12.6. The molecule has 0 unspecified atom stereocenters. The molecule has 3 rings (SSSR count). The fourth-order valence-corrected chi connectivity index (χ4v) is 3.05. The minimum absolute atomic E-state index is 0.0347. The van der Waals surface area contributed by atoms with E-state index in [9.17, 15) is 5.11 Å². The van der Waals surface area contributed by atoms with Crippen LogP contribution in [0.2, 0.25) is 0 Å². The SMILES string of the molecule is Oc1nc(NC2CCN(Cc3ccc(S)cc3)CC2)ncc1Br. The highest BCUT2D eigenvalue weighted by atomic mass is 79.9. The van der Waals surface area contributed by atoms with E-state index in [1.807, 2.05) is 12.1 Å². The van der Waals surface area contributed by atoms with Gasteiger partial charge in [-0.25, -0.2) is 4.98 Å². The summed E-state index contributed by atoms with van der Waals surface area (Å²) in [6.45, 7) is 3.03. The molecule has 0 aliphatic carbocycles. The first-order chi connectivity index (χ1) is 11.1. The summed E-state index contributed by atoms with van der Waals surface area (Å²) in [4.78, 5) is 11.7. The maximum atomic E-state index is 9.60. The van der Waals surface area contributed by atoms with E-state index < -0.39 is 0 Å². The van der Waals surface area contributed by atoms with Crippen molar-refractivity contribution in [2.45, 2.75) is 30.3 Å². The largest absolute Gasteiger partial charge is 0.492 e. The molecule has 0 amide bonds. The van der Waals surface area contributed by atoms with Crippen LogP contribution in [0.1, 0.15) is 18.4 Å². The number of hydrogen-bond acceptors (Lipinski definition) is 6. The molecule has 1 saturated heterocycles. The highest BCUT2D eigenvalue weighted by molar-refractivity contribution is 9.10. The molecule has 1 aliphatic rings. The third-order valence-electron chi connectivity index (χ3n) is 3.99. The first kappa shape index (κ1) is 16.5. The van der Waals surface area contributed by atoms with Crippen LogP contribution < -0.4 is 5.32 Å². The molecule has 0 radical (unpaired) electrons. The van der Waals surface area contributed by atoms with Gasteiger partial charge >= 0.3 is 0 Å². The summed E-state index contributed by atoms with van der Waals surface area (Å²) in [7, 11) is 0. The molecule has 1 fully saturated rings. The van der Waals surface area contributed by atoms with Gasteiger partial charge in [0.2, 0.25) is 11.8 Å². The number of aromatic nitrogens is 2. The maximum Gasteiger partial charge on any atom is 0.230 e. The van der Waals surface area contributed by atoms with Gasteiger partial charge in [-0.15, -0.1) is 12.6 Å². The topological polar surface area (TPSA) is 61.3 Å². The van der Waals surface area contributed by atoms with E-state index in [1.165, 1.54) is 5.56 Å². The Morgan fingerprint density at radius 1 is 1.26 bits per heavy atom. The van der Waals surface area contributed by atoms with Crippen molar-refractivity contribution in [3.63, 3.8) is 0 Å². The minimum Gasteiger partial charge on any atom is -0.492 e. The van der Waals surface area contributed by atoms with Crippen molar-refractivity contribution in [1.82, 2.24) is 14.9 Å². The number of hydrogen-bond donors (Lipinski definition) is 3. The third kappa shape index (κ3) is 4.59. The van der Waals surface area contributed by atoms with Gasteiger partial charge < -0.3 is 10.4 Å². The monoisotopic (exact) mass is 394 g/mol. The fraction of sp³-hybridized carbons (Fsp3) is 0.375. The molecule has 23 heavy (non-hydrogen) atoms. The molecule has 0 atom stereocenters. The molecule has 2 heterocycles. The summed E-state index contributed by atoms with van der Waals surface area (Å²) < 4.78 is 0.505. The average molecular weight is 395 g/mol. The van der Waals surface area contributed by atoms with Crippen molar-refractivity contribution in [3.05, 3.63) is 40.5 Å². The number of piperidine rings is 1. The maximum absolute atomic E-state index is 9.60. The predicted octanol–water partition coefficient (Wildman–Crippen LogP) is 3.31. The lowest BCUT2D eigenvalue weighted by Crippen LogP contribution is -2.38. The number of nitrogens with one attached hydrogen (secondary N) is 1. The van der Waals surface area contributed by atoms with E-state index in [4.69, 9.17) is 0 Å². The van der Waals surface area contributed by atoms with Gasteiger partial charge in [-0.05, 0) is 46.5 Å². The van der Waals surface area contributed by atoms with Gasteiger partial charge in [-0.1, -0.05) is 12.1 Å². The normalized spacial score (nSPS) is 16.4. The van der Waals surface area contributed by atoms with Crippen LogP contribution in [-0.2, 0) is 6.54 Å². The van der Waals surface area contributed by atoms with E-state index >= 15 is 0 Å². The van der Waals surface area contributed by atoms with Crippen LogP contribution in [0, 0.1) is 0 Å². The lowest BCUT2D eigenvalue weighted by Gasteiger charge is -2.32. The van der Waals surface area contributed by atoms with Crippen molar-refractivity contribution in [2.75, 3.05) is 18.4 Å². The zero-order chi connectivity index (χ0) is 16.2. The number of anilines is 1. The molecule has 0 saturated carbocycles. The van der Waals surface area contributed by atoms with E-state index in [2.05, 4.69) is 60.9 Å². The Balaban J connectivity index is 1.50. The first-order valence-electron chi connectivity index (χ1n) is 7.58. The van der Waals surface area contributed by atoms with Crippen LogP contribution >= 0.6 is 28.6 Å². The molecule has 1 aromatic heterocycles. The molecule has 1 aliphatic heterocycles. The van der Waals surface area contributed by atoms with Crippen LogP contribution in [0.5, 0.6) is 5.88 Å². The molecular weight excluding hydrogens is 376 g/mol. The highest BCUT2D eigenvalue weighted by Gasteiger charge is 2.20. The van der Waals surface area contributed by atoms with Crippen LogP contribution in [0.15, 0.2) is 39.8 Å². The molecule has 7 heteroatoms. The number of nitrogens with zero attached hydrogens (tertiary/aromatic N) is 3. The van der Waals surface area contributed by atoms with Gasteiger partial charge in [-0.2, -0.15) is 4.98 Å². The van der Waals surface area contributed by atoms with Crippen molar-refractivity contribution < 1.29 is 5.11 Å². The number of benzene rings is 1. The Hall–Kier alpha value is -1.31. The van der Waals surface area contributed by atoms with Gasteiger partial charge in [0.25, 0.3) is 0 Å². The van der Waals surface area contributed by atoms with E-state index in [0.717, 1.165) is 37.4 Å². The molecule has 122 valence electrons. The van der Waals surface area contributed by atoms with Crippen LogP contribution in [0.4, 0.5) is 5.95 Å². The lowest BCUT2D eigenvalue weighted by molar-refractivity contribution is 0.211. The van der Waals surface area contributed by atoms with Crippen molar-refractivity contribution in [3.8, 4) is 5.88 Å². The Morgan fingerprint density at radius 2 is 1.96 bits per heavy atom. The molecule has 0 spiro atoms. The number of aromatic hydroxyl groups is 1. The summed E-state index contributed by atoms with van der Waals surface area (Å²) in [5.41, 5.74) is 1.32. The number of rotatable bonds is 4. The van der Waals surface area contributed by atoms with Crippen LogP contribution in [-0.4, -0.2) is 39.1 Å². The second-order valence-electron chi connectivity index (χ2n) is 5.73. The quantitative estimate of drug-likeness (QED) is 0.694. The Bertz CT molecular complexity index is 660. The number of likely N-dealkylation sites (tertiary alicyclic amines) is 1. The van der Waals surface area contributed by atoms with Crippen LogP contribution in [0.25, 0.3) is 0 Å². The second kappa shape index (κ2) is 7.51. The van der Waals surface area contributed by atoms with Crippen molar-refractivity contribution in [2.24, 2.45) is 0 Å².